The van der Waals surface area contributed by atoms with E-state index < -0.39 is 8.32 Å². The lowest BCUT2D eigenvalue weighted by Gasteiger charge is -2.36. The van der Waals surface area contributed by atoms with Crippen LogP contribution in [0.15, 0.2) is 48.7 Å². The second kappa shape index (κ2) is 7.46. The number of benzene rings is 2. The van der Waals surface area contributed by atoms with Crippen molar-refractivity contribution in [3.8, 4) is 17.2 Å². The van der Waals surface area contributed by atoms with Gasteiger partial charge >= 0.3 is 0 Å². The number of nitrogen functional groups attached to an aromatic ring is 1. The highest BCUT2D eigenvalue weighted by molar-refractivity contribution is 6.74. The third-order valence-electron chi connectivity index (χ3n) is 5.81. The lowest BCUT2D eigenvalue weighted by Crippen LogP contribution is -2.41. The molecular weight excluding hydrogens is 362 g/mol. The topological polar surface area (TPSA) is 64.0 Å². The molecule has 0 bridgehead atoms. The van der Waals surface area contributed by atoms with Gasteiger partial charge < -0.3 is 14.7 Å². The molecule has 0 atom stereocenters. The molecule has 2 N–H and O–H groups in total. The first-order valence-corrected chi connectivity index (χ1v) is 12.6. The number of hydrogen-bond acceptors (Lipinski definition) is 3. The van der Waals surface area contributed by atoms with Gasteiger partial charge in [-0.25, -0.2) is 0 Å². The molecule has 0 saturated heterocycles. The molecule has 4 nitrogen and oxygen atoms in total. The van der Waals surface area contributed by atoms with Crippen molar-refractivity contribution in [3.05, 3.63) is 54.2 Å². The average molecular weight is 392 g/mol. The van der Waals surface area contributed by atoms with Crippen LogP contribution in [0.1, 0.15) is 26.3 Å². The van der Waals surface area contributed by atoms with Crippen LogP contribution in [0.25, 0.3) is 22.0 Å². The second-order valence-electron chi connectivity index (χ2n) is 8.81. The van der Waals surface area contributed by atoms with E-state index in [2.05, 4.69) is 56.8 Å². The molecule has 28 heavy (non-hydrogen) atoms. The summed E-state index contributed by atoms with van der Waals surface area (Å²) < 4.78 is 8.60. The molecule has 5 heteroatoms. The van der Waals surface area contributed by atoms with Crippen LogP contribution < -0.4 is 5.73 Å². The summed E-state index contributed by atoms with van der Waals surface area (Å²) in [5.74, 6) is 0. The Morgan fingerprint density at radius 1 is 1.14 bits per heavy atom. The van der Waals surface area contributed by atoms with Crippen LogP contribution in [-0.2, 0) is 11.0 Å². The van der Waals surface area contributed by atoms with E-state index in [1.165, 1.54) is 0 Å². The van der Waals surface area contributed by atoms with Gasteiger partial charge in [0.25, 0.3) is 0 Å². The van der Waals surface area contributed by atoms with Gasteiger partial charge in [-0.3, -0.25) is 0 Å². The molecule has 3 aromatic rings. The van der Waals surface area contributed by atoms with Gasteiger partial charge in [0.15, 0.2) is 8.32 Å². The maximum Gasteiger partial charge on any atom is 0.192 e. The molecule has 0 fully saturated rings. The van der Waals surface area contributed by atoms with Crippen molar-refractivity contribution < 1.29 is 4.43 Å². The van der Waals surface area contributed by atoms with Crippen LogP contribution in [0.3, 0.4) is 0 Å². The summed E-state index contributed by atoms with van der Waals surface area (Å²) in [5.41, 5.74) is 10.6. The zero-order chi connectivity index (χ0) is 20.5. The molecule has 146 valence electrons. The lowest BCUT2D eigenvalue weighted by atomic mass is 10.0. The maximum absolute atomic E-state index is 9.32. The van der Waals surface area contributed by atoms with Gasteiger partial charge in [-0.15, -0.1) is 0 Å². The molecule has 1 heterocycles. The van der Waals surface area contributed by atoms with Crippen molar-refractivity contribution >= 4 is 24.9 Å². The summed E-state index contributed by atoms with van der Waals surface area (Å²) in [6.07, 6.45) is 2.15. The highest BCUT2D eigenvalue weighted by Gasteiger charge is 2.36. The molecule has 0 amide bonds. The van der Waals surface area contributed by atoms with Crippen LogP contribution in [0.2, 0.25) is 18.1 Å². The first-order chi connectivity index (χ1) is 13.1. The van der Waals surface area contributed by atoms with Crippen LogP contribution in [0.5, 0.6) is 0 Å². The van der Waals surface area contributed by atoms with Crippen molar-refractivity contribution in [2.75, 3.05) is 12.3 Å². The molecule has 1 aromatic heterocycles. The minimum atomic E-state index is -1.78. The molecule has 0 aliphatic rings. The highest BCUT2D eigenvalue weighted by atomic mass is 28.4. The minimum absolute atomic E-state index is 0.195. The Morgan fingerprint density at radius 3 is 2.54 bits per heavy atom. The minimum Gasteiger partial charge on any atom is -0.415 e. The second-order valence-corrected chi connectivity index (χ2v) is 13.6. The number of anilines is 1. The summed E-state index contributed by atoms with van der Waals surface area (Å²) in [4.78, 5) is 0. The van der Waals surface area contributed by atoms with E-state index in [4.69, 9.17) is 10.2 Å². The van der Waals surface area contributed by atoms with E-state index in [-0.39, 0.29) is 5.04 Å². The normalized spacial score (nSPS) is 12.3. The standard InChI is InChI=1S/C23H29N3OSi/c1-23(2,3)28(4,5)27-12-11-26-16-21(18-7-6-8-19(25)14-18)20-13-17(15-24)9-10-22(20)26/h6-10,13-14,16H,11-12,25H2,1-5H3. The highest BCUT2D eigenvalue weighted by Crippen LogP contribution is 2.37. The molecule has 0 aliphatic carbocycles. The maximum atomic E-state index is 9.32. The third-order valence-corrected chi connectivity index (χ3v) is 10.3. The average Bonchev–Trinajstić information content (AvgIpc) is 2.98. The molecule has 3 rings (SSSR count). The van der Waals surface area contributed by atoms with E-state index in [0.717, 1.165) is 34.3 Å². The number of fused-ring (bicyclic) bond motifs is 1. The Hall–Kier alpha value is -2.55. The molecule has 0 spiro atoms. The SMILES string of the molecule is CC(C)(C)[Si](C)(C)OCCn1cc(-c2cccc(N)c2)c2cc(C#N)ccc21. The van der Waals surface area contributed by atoms with Gasteiger partial charge in [0.2, 0.25) is 0 Å². The number of nitrogens with two attached hydrogens (primary N) is 1. The lowest BCUT2D eigenvalue weighted by molar-refractivity contribution is 0.273. The van der Waals surface area contributed by atoms with Crippen molar-refractivity contribution in [2.24, 2.45) is 0 Å². The number of aromatic nitrogens is 1. The van der Waals surface area contributed by atoms with E-state index in [0.29, 0.717) is 12.2 Å². The van der Waals surface area contributed by atoms with Crippen molar-refractivity contribution in [3.63, 3.8) is 0 Å². The third kappa shape index (κ3) is 3.99. The van der Waals surface area contributed by atoms with Crippen molar-refractivity contribution in [1.29, 1.82) is 5.26 Å². The van der Waals surface area contributed by atoms with Gasteiger partial charge in [0.05, 0.1) is 18.2 Å². The van der Waals surface area contributed by atoms with Gasteiger partial charge in [0, 0.05) is 34.9 Å². The van der Waals surface area contributed by atoms with Crippen molar-refractivity contribution in [1.82, 2.24) is 4.57 Å². The van der Waals surface area contributed by atoms with Crippen molar-refractivity contribution in [2.45, 2.75) is 45.4 Å². The summed E-state index contributed by atoms with van der Waals surface area (Å²) in [7, 11) is -1.78. The largest absolute Gasteiger partial charge is 0.415 e. The van der Waals surface area contributed by atoms with Crippen LogP contribution in [-0.4, -0.2) is 19.5 Å². The number of rotatable bonds is 5. The van der Waals surface area contributed by atoms with E-state index in [1.54, 1.807) is 0 Å². The fourth-order valence-electron chi connectivity index (χ4n) is 3.10. The van der Waals surface area contributed by atoms with Gasteiger partial charge in [-0.1, -0.05) is 32.9 Å². The fraction of sp³-hybridized carbons (Fsp3) is 0.348. The molecule has 0 unspecified atom stereocenters. The van der Waals surface area contributed by atoms with Crippen LogP contribution in [0, 0.1) is 11.3 Å². The first kappa shape index (κ1) is 20.2. The van der Waals surface area contributed by atoms with Gasteiger partial charge in [-0.05, 0) is 54.0 Å². The summed E-state index contributed by atoms with van der Waals surface area (Å²) in [6.45, 7) is 12.8. The Labute approximate surface area is 168 Å². The molecule has 2 aromatic carbocycles. The Bertz CT molecular complexity index is 1040. The Morgan fingerprint density at radius 2 is 1.89 bits per heavy atom. The molecular formula is C23H29N3OSi. The predicted octanol–water partition coefficient (Wildman–Crippen LogP) is 5.78. The smallest absolute Gasteiger partial charge is 0.192 e. The monoisotopic (exact) mass is 391 g/mol. The summed E-state index contributed by atoms with van der Waals surface area (Å²) >= 11 is 0. The van der Waals surface area contributed by atoms with E-state index in [1.807, 2.05) is 36.4 Å². The molecule has 0 saturated carbocycles. The Kier molecular flexibility index (Phi) is 5.38. The zero-order valence-corrected chi connectivity index (χ0v) is 18.4. The van der Waals surface area contributed by atoms with Crippen LogP contribution in [0.4, 0.5) is 5.69 Å². The predicted molar refractivity (Wildman–Crippen MR) is 120 cm³/mol. The number of nitriles is 1. The van der Waals surface area contributed by atoms with E-state index >= 15 is 0 Å². The fourth-order valence-corrected chi connectivity index (χ4v) is 4.14. The molecule has 0 radical (unpaired) electrons. The van der Waals surface area contributed by atoms with Crippen LogP contribution >= 0.6 is 0 Å². The number of hydrogen-bond donors (Lipinski definition) is 1. The van der Waals surface area contributed by atoms with E-state index in [9.17, 15) is 5.26 Å². The quantitative estimate of drug-likeness (QED) is 0.442. The summed E-state index contributed by atoms with van der Waals surface area (Å²) in [6, 6.07) is 16.0. The Balaban J connectivity index is 1.96. The summed E-state index contributed by atoms with van der Waals surface area (Å²) in [5, 5.41) is 10.6. The number of nitrogens with zero attached hydrogens (tertiary/aromatic N) is 2. The molecule has 0 aliphatic heterocycles. The zero-order valence-electron chi connectivity index (χ0n) is 17.4. The van der Waals surface area contributed by atoms with Gasteiger partial charge in [-0.2, -0.15) is 5.26 Å². The first-order valence-electron chi connectivity index (χ1n) is 9.65. The van der Waals surface area contributed by atoms with Gasteiger partial charge in [0.1, 0.15) is 0 Å².